The van der Waals surface area contributed by atoms with Crippen LogP contribution in [0.1, 0.15) is 31.7 Å². The summed E-state index contributed by atoms with van der Waals surface area (Å²) >= 11 is 0. The number of rotatable bonds is 7. The highest BCUT2D eigenvalue weighted by Crippen LogP contribution is 2.43. The lowest BCUT2D eigenvalue weighted by Gasteiger charge is -2.42. The largest absolute Gasteiger partial charge is 0.355 e. The van der Waals surface area contributed by atoms with Gasteiger partial charge in [0.1, 0.15) is 0 Å². The molecular weight excluding hydrogens is 284 g/mol. The second kappa shape index (κ2) is 8.40. The van der Waals surface area contributed by atoms with Crippen molar-refractivity contribution in [1.82, 2.24) is 10.6 Å². The van der Waals surface area contributed by atoms with E-state index in [1.807, 2.05) is 14.0 Å². The summed E-state index contributed by atoms with van der Waals surface area (Å²) in [6.07, 6.45) is 4.81. The molecule has 1 aliphatic carbocycles. The fourth-order valence-corrected chi connectivity index (χ4v) is 2.97. The third kappa shape index (κ3) is 5.01. The summed E-state index contributed by atoms with van der Waals surface area (Å²) in [5.41, 5.74) is 1.67. The number of hydrogen-bond donors (Lipinski definition) is 2. The Hall–Kier alpha value is -1.06. The van der Waals surface area contributed by atoms with E-state index in [9.17, 15) is 4.79 Å². The maximum Gasteiger partial charge on any atom is 0.224 e. The van der Waals surface area contributed by atoms with Gasteiger partial charge in [0.15, 0.2) is 0 Å². The first-order chi connectivity index (χ1) is 9.65. The average Bonchev–Trinajstić information content (AvgIpc) is 2.42. The molecule has 1 fully saturated rings. The molecule has 1 aromatic carbocycles. The number of nitrogens with one attached hydrogen (secondary N) is 2. The Bertz CT molecular complexity index is 432. The molecule has 3 nitrogen and oxygen atoms in total. The van der Waals surface area contributed by atoms with Crippen LogP contribution in [0.2, 0.25) is 0 Å². The van der Waals surface area contributed by atoms with Gasteiger partial charge in [-0.25, -0.2) is 0 Å². The first kappa shape index (κ1) is 18.0. The summed E-state index contributed by atoms with van der Waals surface area (Å²) in [7, 11) is 1.88. The van der Waals surface area contributed by atoms with Crippen LogP contribution >= 0.6 is 12.4 Å². The Morgan fingerprint density at radius 2 is 1.95 bits per heavy atom. The number of benzene rings is 1. The molecule has 1 aliphatic rings. The minimum atomic E-state index is 0. The van der Waals surface area contributed by atoms with E-state index in [0.717, 1.165) is 19.5 Å². The lowest BCUT2D eigenvalue weighted by atomic mass is 9.65. The van der Waals surface area contributed by atoms with E-state index < -0.39 is 0 Å². The van der Waals surface area contributed by atoms with Crippen molar-refractivity contribution < 1.29 is 4.79 Å². The molecule has 1 aromatic rings. The van der Waals surface area contributed by atoms with Crippen LogP contribution in [-0.2, 0) is 11.2 Å². The van der Waals surface area contributed by atoms with Gasteiger partial charge in [-0.3, -0.25) is 4.79 Å². The zero-order valence-corrected chi connectivity index (χ0v) is 13.8. The SMILES string of the molecule is CNCC(C)C(=O)NCC1(Cc2ccccc2)CCC1.Cl. The Kier molecular flexibility index (Phi) is 7.20. The predicted octanol–water partition coefficient (Wildman–Crippen LogP) is 2.79. The normalized spacial score (nSPS) is 17.2. The monoisotopic (exact) mass is 310 g/mol. The van der Waals surface area contributed by atoms with Gasteiger partial charge in [0.25, 0.3) is 0 Å². The topological polar surface area (TPSA) is 41.1 Å². The van der Waals surface area contributed by atoms with Crippen LogP contribution in [0.3, 0.4) is 0 Å². The van der Waals surface area contributed by atoms with Crippen molar-refractivity contribution >= 4 is 18.3 Å². The van der Waals surface area contributed by atoms with Gasteiger partial charge in [0.05, 0.1) is 0 Å². The fraction of sp³-hybridized carbons (Fsp3) is 0.588. The van der Waals surface area contributed by atoms with E-state index in [2.05, 4.69) is 41.0 Å². The molecule has 0 saturated heterocycles. The molecule has 1 atom stereocenters. The van der Waals surface area contributed by atoms with E-state index in [-0.39, 0.29) is 29.6 Å². The Labute approximate surface area is 134 Å². The highest BCUT2D eigenvalue weighted by atomic mass is 35.5. The lowest BCUT2D eigenvalue weighted by Crippen LogP contribution is -2.45. The summed E-state index contributed by atoms with van der Waals surface area (Å²) in [5, 5.41) is 6.20. The van der Waals surface area contributed by atoms with Gasteiger partial charge in [-0.1, -0.05) is 43.7 Å². The number of carbonyl (C=O) groups excluding carboxylic acids is 1. The van der Waals surface area contributed by atoms with E-state index in [4.69, 9.17) is 0 Å². The molecule has 2 rings (SSSR count). The highest BCUT2D eigenvalue weighted by Gasteiger charge is 2.37. The van der Waals surface area contributed by atoms with Gasteiger partial charge < -0.3 is 10.6 Å². The van der Waals surface area contributed by atoms with Crippen LogP contribution in [0.5, 0.6) is 0 Å². The van der Waals surface area contributed by atoms with E-state index in [1.54, 1.807) is 0 Å². The standard InChI is InChI=1S/C17H26N2O.ClH/c1-14(12-18-2)16(20)19-13-17(9-6-10-17)11-15-7-4-3-5-8-15;/h3-5,7-8,14,18H,6,9-13H2,1-2H3,(H,19,20);1H. The molecule has 0 radical (unpaired) electrons. The molecule has 0 heterocycles. The molecule has 1 unspecified atom stereocenters. The smallest absolute Gasteiger partial charge is 0.224 e. The van der Waals surface area contributed by atoms with E-state index in [1.165, 1.54) is 24.8 Å². The number of hydrogen-bond acceptors (Lipinski definition) is 2. The maximum atomic E-state index is 12.0. The van der Waals surface area contributed by atoms with Crippen molar-refractivity contribution in [1.29, 1.82) is 0 Å². The molecule has 4 heteroatoms. The molecule has 21 heavy (non-hydrogen) atoms. The second-order valence-corrected chi connectivity index (χ2v) is 6.19. The first-order valence-corrected chi connectivity index (χ1v) is 7.61. The van der Waals surface area contributed by atoms with Gasteiger partial charge >= 0.3 is 0 Å². The van der Waals surface area contributed by atoms with Crippen molar-refractivity contribution in [2.45, 2.75) is 32.6 Å². The van der Waals surface area contributed by atoms with Crippen molar-refractivity contribution in [2.75, 3.05) is 20.1 Å². The zero-order valence-electron chi connectivity index (χ0n) is 13.0. The Balaban J connectivity index is 0.00000220. The van der Waals surface area contributed by atoms with Crippen molar-refractivity contribution in [2.24, 2.45) is 11.3 Å². The van der Waals surface area contributed by atoms with Gasteiger partial charge in [0.2, 0.25) is 5.91 Å². The Morgan fingerprint density at radius 3 is 2.48 bits per heavy atom. The van der Waals surface area contributed by atoms with Crippen molar-refractivity contribution in [3.05, 3.63) is 35.9 Å². The molecule has 1 amide bonds. The van der Waals surface area contributed by atoms with E-state index in [0.29, 0.717) is 0 Å². The molecule has 118 valence electrons. The predicted molar refractivity (Wildman–Crippen MR) is 89.8 cm³/mol. The zero-order chi connectivity index (χ0) is 14.4. The van der Waals surface area contributed by atoms with Gasteiger partial charge in [-0.15, -0.1) is 12.4 Å². The van der Waals surface area contributed by atoms with Crippen LogP contribution in [0.4, 0.5) is 0 Å². The summed E-state index contributed by atoms with van der Waals surface area (Å²) in [5.74, 6) is 0.201. The van der Waals surface area contributed by atoms with Crippen LogP contribution in [0.15, 0.2) is 30.3 Å². The highest BCUT2D eigenvalue weighted by molar-refractivity contribution is 5.85. The maximum absolute atomic E-state index is 12.0. The number of halogens is 1. The average molecular weight is 311 g/mol. The molecule has 0 spiro atoms. The molecule has 0 aliphatic heterocycles. The van der Waals surface area contributed by atoms with Gasteiger partial charge in [-0.2, -0.15) is 0 Å². The molecule has 2 N–H and O–H groups in total. The van der Waals surface area contributed by atoms with Crippen LogP contribution in [0, 0.1) is 11.3 Å². The van der Waals surface area contributed by atoms with Crippen LogP contribution in [-0.4, -0.2) is 26.0 Å². The van der Waals surface area contributed by atoms with Crippen molar-refractivity contribution in [3.8, 4) is 0 Å². The minimum absolute atomic E-state index is 0. The fourth-order valence-electron chi connectivity index (χ4n) is 2.97. The van der Waals surface area contributed by atoms with Crippen LogP contribution in [0.25, 0.3) is 0 Å². The second-order valence-electron chi connectivity index (χ2n) is 6.19. The summed E-state index contributed by atoms with van der Waals surface area (Å²) in [6, 6.07) is 10.6. The Morgan fingerprint density at radius 1 is 1.29 bits per heavy atom. The summed E-state index contributed by atoms with van der Waals surface area (Å²) in [6.45, 7) is 3.52. The minimum Gasteiger partial charge on any atom is -0.355 e. The molecule has 0 bridgehead atoms. The third-order valence-corrected chi connectivity index (χ3v) is 4.43. The summed E-state index contributed by atoms with van der Waals surface area (Å²) < 4.78 is 0. The quantitative estimate of drug-likeness (QED) is 0.813. The molecule has 1 saturated carbocycles. The summed E-state index contributed by atoms with van der Waals surface area (Å²) in [4.78, 5) is 12.0. The van der Waals surface area contributed by atoms with E-state index >= 15 is 0 Å². The molecular formula is C17H27ClN2O. The van der Waals surface area contributed by atoms with Crippen LogP contribution < -0.4 is 10.6 Å². The van der Waals surface area contributed by atoms with Gasteiger partial charge in [0, 0.05) is 19.0 Å². The number of amides is 1. The van der Waals surface area contributed by atoms with Crippen molar-refractivity contribution in [3.63, 3.8) is 0 Å². The first-order valence-electron chi connectivity index (χ1n) is 7.61. The van der Waals surface area contributed by atoms with Gasteiger partial charge in [-0.05, 0) is 37.3 Å². The molecule has 0 aromatic heterocycles. The third-order valence-electron chi connectivity index (χ3n) is 4.43. The lowest BCUT2D eigenvalue weighted by molar-refractivity contribution is -0.125. The number of carbonyl (C=O) groups is 1.